The Morgan fingerprint density at radius 3 is 2.52 bits per heavy atom. The Kier molecular flexibility index (Phi) is 4.90. The molecule has 0 atom stereocenters. The Labute approximate surface area is 127 Å². The quantitative estimate of drug-likeness (QED) is 0.706. The van der Waals surface area contributed by atoms with Crippen LogP contribution in [0.4, 0.5) is 10.5 Å². The second kappa shape index (κ2) is 6.67. The summed E-state index contributed by atoms with van der Waals surface area (Å²) in [6.07, 6.45) is 6.95. The maximum atomic E-state index is 11.8. The monoisotopic (exact) mass is 306 g/mol. The highest BCUT2D eigenvalue weighted by Gasteiger charge is 2.41. The summed E-state index contributed by atoms with van der Waals surface area (Å²) >= 11 is 1.80. The summed E-state index contributed by atoms with van der Waals surface area (Å²) in [7, 11) is 0. The molecule has 1 saturated carbocycles. The van der Waals surface area contributed by atoms with Crippen LogP contribution in [0.1, 0.15) is 18.4 Å². The standard InChI is InChI=1S/C15H18N2O3S/c1-21-15(8-9-15)10-16-14(20)17-12-5-2-11(3-6-12)4-7-13(18)19/h2-7H,8-10H2,1H3,(H,18,19)(H2,16,17,20)/b7-4+. The maximum absolute atomic E-state index is 11.8. The second-order valence-electron chi connectivity index (χ2n) is 4.99. The van der Waals surface area contributed by atoms with Crippen molar-refractivity contribution in [1.82, 2.24) is 5.32 Å². The van der Waals surface area contributed by atoms with Crippen molar-refractivity contribution in [3.8, 4) is 0 Å². The van der Waals surface area contributed by atoms with Crippen LogP contribution in [-0.2, 0) is 4.79 Å². The molecule has 0 heterocycles. The van der Waals surface area contributed by atoms with Gasteiger partial charge in [-0.15, -0.1) is 0 Å². The highest BCUT2D eigenvalue weighted by atomic mass is 32.2. The summed E-state index contributed by atoms with van der Waals surface area (Å²) in [5, 5.41) is 14.2. The van der Waals surface area contributed by atoms with E-state index in [1.807, 2.05) is 0 Å². The van der Waals surface area contributed by atoms with E-state index in [0.29, 0.717) is 12.2 Å². The van der Waals surface area contributed by atoms with E-state index < -0.39 is 5.97 Å². The zero-order valence-electron chi connectivity index (χ0n) is 11.8. The van der Waals surface area contributed by atoms with Crippen LogP contribution < -0.4 is 10.6 Å². The molecule has 0 radical (unpaired) electrons. The minimum atomic E-state index is -0.987. The lowest BCUT2D eigenvalue weighted by Crippen LogP contribution is -2.35. The average molecular weight is 306 g/mol. The van der Waals surface area contributed by atoms with Gasteiger partial charge in [-0.25, -0.2) is 9.59 Å². The number of nitrogens with one attached hydrogen (secondary N) is 2. The number of amides is 2. The van der Waals surface area contributed by atoms with E-state index in [0.717, 1.165) is 24.5 Å². The molecule has 21 heavy (non-hydrogen) atoms. The van der Waals surface area contributed by atoms with Gasteiger partial charge in [-0.3, -0.25) is 0 Å². The molecule has 1 aromatic carbocycles. The van der Waals surface area contributed by atoms with Crippen LogP contribution in [0, 0.1) is 0 Å². The summed E-state index contributed by atoms with van der Waals surface area (Å²) in [4.78, 5) is 22.2. The second-order valence-corrected chi connectivity index (χ2v) is 6.26. The third kappa shape index (κ3) is 4.82. The van der Waals surface area contributed by atoms with Crippen molar-refractivity contribution < 1.29 is 14.7 Å². The number of hydrogen-bond donors (Lipinski definition) is 3. The van der Waals surface area contributed by atoms with Crippen molar-refractivity contribution in [2.75, 3.05) is 18.1 Å². The zero-order valence-corrected chi connectivity index (χ0v) is 12.6. The smallest absolute Gasteiger partial charge is 0.328 e. The number of thioether (sulfide) groups is 1. The number of carbonyl (C=O) groups excluding carboxylic acids is 1. The first-order chi connectivity index (χ1) is 10.0. The molecule has 1 fully saturated rings. The van der Waals surface area contributed by atoms with Gasteiger partial charge < -0.3 is 15.7 Å². The van der Waals surface area contributed by atoms with Gasteiger partial charge in [-0.05, 0) is 42.9 Å². The number of benzene rings is 1. The van der Waals surface area contributed by atoms with Gasteiger partial charge in [0.05, 0.1) is 0 Å². The van der Waals surface area contributed by atoms with Gasteiger partial charge in [0.2, 0.25) is 0 Å². The third-order valence-electron chi connectivity index (χ3n) is 3.40. The zero-order chi connectivity index (χ0) is 15.3. The van der Waals surface area contributed by atoms with E-state index in [9.17, 15) is 9.59 Å². The van der Waals surface area contributed by atoms with E-state index in [4.69, 9.17) is 5.11 Å². The molecule has 0 aromatic heterocycles. The summed E-state index contributed by atoms with van der Waals surface area (Å²) < 4.78 is 0.239. The van der Waals surface area contributed by atoms with Crippen LogP contribution in [0.2, 0.25) is 0 Å². The van der Waals surface area contributed by atoms with Gasteiger partial charge in [0.15, 0.2) is 0 Å². The van der Waals surface area contributed by atoms with Crippen molar-refractivity contribution in [1.29, 1.82) is 0 Å². The van der Waals surface area contributed by atoms with Crippen molar-refractivity contribution in [3.05, 3.63) is 35.9 Å². The molecule has 1 aliphatic rings. The Balaban J connectivity index is 1.82. The number of carboxylic acids is 1. The number of rotatable bonds is 6. The number of carbonyl (C=O) groups is 2. The largest absolute Gasteiger partial charge is 0.478 e. The minimum absolute atomic E-state index is 0.218. The lowest BCUT2D eigenvalue weighted by atomic mass is 10.2. The van der Waals surface area contributed by atoms with E-state index in [2.05, 4.69) is 16.9 Å². The van der Waals surface area contributed by atoms with E-state index in [-0.39, 0.29) is 10.8 Å². The fourth-order valence-electron chi connectivity index (χ4n) is 1.85. The van der Waals surface area contributed by atoms with Gasteiger partial charge in [0.1, 0.15) is 0 Å². The minimum Gasteiger partial charge on any atom is -0.478 e. The van der Waals surface area contributed by atoms with E-state index >= 15 is 0 Å². The van der Waals surface area contributed by atoms with Gasteiger partial charge in [-0.1, -0.05) is 12.1 Å². The molecule has 0 unspecified atom stereocenters. The number of anilines is 1. The van der Waals surface area contributed by atoms with Crippen molar-refractivity contribution in [2.24, 2.45) is 0 Å². The molecule has 2 amide bonds. The summed E-state index contributed by atoms with van der Waals surface area (Å²) in [5.74, 6) is -0.987. The maximum Gasteiger partial charge on any atom is 0.328 e. The molecular weight excluding hydrogens is 288 g/mol. The van der Waals surface area contributed by atoms with E-state index in [1.54, 1.807) is 36.0 Å². The highest BCUT2D eigenvalue weighted by Crippen LogP contribution is 2.46. The first-order valence-corrected chi connectivity index (χ1v) is 7.87. The summed E-state index contributed by atoms with van der Waals surface area (Å²) in [6.45, 7) is 0.680. The Morgan fingerprint density at radius 1 is 1.33 bits per heavy atom. The van der Waals surface area contributed by atoms with Gasteiger partial charge in [0.25, 0.3) is 0 Å². The number of urea groups is 1. The number of hydrogen-bond acceptors (Lipinski definition) is 3. The molecule has 3 N–H and O–H groups in total. The van der Waals surface area contributed by atoms with Crippen molar-refractivity contribution in [2.45, 2.75) is 17.6 Å². The van der Waals surface area contributed by atoms with Crippen LogP contribution in [0.3, 0.4) is 0 Å². The summed E-state index contributed by atoms with van der Waals surface area (Å²) in [6, 6.07) is 6.76. The van der Waals surface area contributed by atoms with Gasteiger partial charge in [0, 0.05) is 23.1 Å². The predicted octanol–water partition coefficient (Wildman–Crippen LogP) is 2.80. The molecule has 2 rings (SSSR count). The molecule has 1 aliphatic carbocycles. The third-order valence-corrected chi connectivity index (χ3v) is 4.82. The fraction of sp³-hybridized carbons (Fsp3) is 0.333. The average Bonchev–Trinajstić information content (AvgIpc) is 3.25. The van der Waals surface area contributed by atoms with Gasteiger partial charge >= 0.3 is 12.0 Å². The molecule has 0 spiro atoms. The highest BCUT2D eigenvalue weighted by molar-refractivity contribution is 8.00. The molecule has 0 saturated heterocycles. The fourth-order valence-corrected chi connectivity index (χ4v) is 2.58. The summed E-state index contributed by atoms with van der Waals surface area (Å²) in [5.41, 5.74) is 1.44. The Morgan fingerprint density at radius 2 is 2.00 bits per heavy atom. The van der Waals surface area contributed by atoms with Crippen molar-refractivity contribution >= 4 is 35.5 Å². The molecule has 1 aromatic rings. The molecule has 0 aliphatic heterocycles. The Bertz CT molecular complexity index is 551. The molecule has 6 heteroatoms. The predicted molar refractivity (Wildman–Crippen MR) is 85.6 cm³/mol. The lowest BCUT2D eigenvalue weighted by molar-refractivity contribution is -0.131. The van der Waals surface area contributed by atoms with Crippen molar-refractivity contribution in [3.63, 3.8) is 0 Å². The number of carboxylic acid groups (broad SMARTS) is 1. The van der Waals surface area contributed by atoms with Crippen LogP contribution in [0.15, 0.2) is 30.3 Å². The first-order valence-electron chi connectivity index (χ1n) is 6.64. The van der Waals surface area contributed by atoms with Crippen LogP contribution in [-0.4, -0.2) is 34.7 Å². The van der Waals surface area contributed by atoms with Crippen LogP contribution in [0.25, 0.3) is 6.08 Å². The van der Waals surface area contributed by atoms with E-state index in [1.165, 1.54) is 6.08 Å². The lowest BCUT2D eigenvalue weighted by Gasteiger charge is -2.13. The molecular formula is C15H18N2O3S. The SMILES string of the molecule is CSC1(CNC(=O)Nc2ccc(/C=C/C(=O)O)cc2)CC1. The first kappa shape index (κ1) is 15.4. The van der Waals surface area contributed by atoms with Gasteiger partial charge in [-0.2, -0.15) is 11.8 Å². The normalized spacial score (nSPS) is 15.7. The van der Waals surface area contributed by atoms with Crippen LogP contribution >= 0.6 is 11.8 Å². The van der Waals surface area contributed by atoms with Crippen LogP contribution in [0.5, 0.6) is 0 Å². The Hall–Kier alpha value is -1.95. The topological polar surface area (TPSA) is 78.4 Å². The number of aliphatic carboxylic acids is 1. The molecule has 5 nitrogen and oxygen atoms in total. The molecule has 0 bridgehead atoms. The molecule has 112 valence electrons.